The van der Waals surface area contributed by atoms with E-state index < -0.39 is 15.9 Å². The van der Waals surface area contributed by atoms with Gasteiger partial charge in [-0.15, -0.1) is 11.8 Å². The van der Waals surface area contributed by atoms with E-state index in [1.807, 2.05) is 38.1 Å². The van der Waals surface area contributed by atoms with Gasteiger partial charge in [0.2, 0.25) is 0 Å². The third kappa shape index (κ3) is 5.36. The number of halogens is 1. The fraction of sp³-hybridized carbons (Fsp3) is 0.136. The van der Waals surface area contributed by atoms with Gasteiger partial charge < -0.3 is 5.32 Å². The summed E-state index contributed by atoms with van der Waals surface area (Å²) in [7, 11) is -3.79. The van der Waals surface area contributed by atoms with E-state index in [-0.39, 0.29) is 21.2 Å². The van der Waals surface area contributed by atoms with Crippen molar-refractivity contribution in [2.24, 2.45) is 0 Å². The van der Waals surface area contributed by atoms with E-state index in [0.29, 0.717) is 5.69 Å². The standard InChI is InChI=1S/C22H21ClN2O3S2/c1-3-29-21-7-5-4-6-20(21)24-22(26)18-14-16(10-13-19(18)23)25-30(27,28)17-11-8-15(2)9-12-17/h4-14,25H,3H2,1-2H3,(H,24,26). The number of hydrogen-bond acceptors (Lipinski definition) is 4. The Morgan fingerprint density at radius 3 is 2.43 bits per heavy atom. The van der Waals surface area contributed by atoms with Crippen molar-refractivity contribution in [1.29, 1.82) is 0 Å². The van der Waals surface area contributed by atoms with Crippen LogP contribution in [0, 0.1) is 6.92 Å². The number of benzene rings is 3. The minimum absolute atomic E-state index is 0.138. The first kappa shape index (κ1) is 22.2. The van der Waals surface area contributed by atoms with Crippen LogP contribution in [0.2, 0.25) is 5.02 Å². The van der Waals surface area contributed by atoms with Crippen molar-refractivity contribution in [3.63, 3.8) is 0 Å². The highest BCUT2D eigenvalue weighted by molar-refractivity contribution is 7.99. The zero-order valence-electron chi connectivity index (χ0n) is 16.5. The molecular formula is C22H21ClN2O3S2. The molecule has 156 valence electrons. The van der Waals surface area contributed by atoms with E-state index in [0.717, 1.165) is 16.2 Å². The molecular weight excluding hydrogens is 440 g/mol. The van der Waals surface area contributed by atoms with Gasteiger partial charge in [-0.05, 0) is 55.1 Å². The van der Waals surface area contributed by atoms with Crippen molar-refractivity contribution in [2.45, 2.75) is 23.6 Å². The molecule has 0 atom stereocenters. The van der Waals surface area contributed by atoms with Crippen molar-refractivity contribution < 1.29 is 13.2 Å². The second kappa shape index (κ2) is 9.55. The van der Waals surface area contributed by atoms with Crippen molar-refractivity contribution in [3.05, 3.63) is 82.9 Å². The van der Waals surface area contributed by atoms with E-state index in [9.17, 15) is 13.2 Å². The average molecular weight is 461 g/mol. The van der Waals surface area contributed by atoms with Crippen LogP contribution in [-0.2, 0) is 10.0 Å². The van der Waals surface area contributed by atoms with Gasteiger partial charge in [0.25, 0.3) is 15.9 Å². The van der Waals surface area contributed by atoms with Crippen LogP contribution in [0.25, 0.3) is 0 Å². The number of rotatable bonds is 7. The predicted molar refractivity (Wildman–Crippen MR) is 124 cm³/mol. The highest BCUT2D eigenvalue weighted by Crippen LogP contribution is 2.29. The minimum Gasteiger partial charge on any atom is -0.321 e. The number of para-hydroxylation sites is 1. The second-order valence-corrected chi connectivity index (χ2v) is 9.89. The molecule has 0 aliphatic rings. The van der Waals surface area contributed by atoms with Crippen molar-refractivity contribution in [2.75, 3.05) is 15.8 Å². The first-order valence-electron chi connectivity index (χ1n) is 9.22. The summed E-state index contributed by atoms with van der Waals surface area (Å²) in [5, 5.41) is 3.09. The van der Waals surface area contributed by atoms with E-state index >= 15 is 0 Å². The Balaban J connectivity index is 1.85. The van der Waals surface area contributed by atoms with Crippen LogP contribution in [0.4, 0.5) is 11.4 Å². The Morgan fingerprint density at radius 2 is 1.73 bits per heavy atom. The van der Waals surface area contributed by atoms with Crippen LogP contribution >= 0.6 is 23.4 Å². The molecule has 0 saturated carbocycles. The number of carbonyl (C=O) groups excluding carboxylic acids is 1. The molecule has 0 aromatic heterocycles. The summed E-state index contributed by atoms with van der Waals surface area (Å²) >= 11 is 7.83. The molecule has 30 heavy (non-hydrogen) atoms. The highest BCUT2D eigenvalue weighted by Gasteiger charge is 2.17. The Bertz CT molecular complexity index is 1160. The van der Waals surface area contributed by atoms with E-state index in [1.165, 1.54) is 30.3 Å². The number of thioether (sulfide) groups is 1. The van der Waals surface area contributed by atoms with Crippen LogP contribution in [-0.4, -0.2) is 20.1 Å². The van der Waals surface area contributed by atoms with E-state index in [4.69, 9.17) is 11.6 Å². The molecule has 0 heterocycles. The van der Waals surface area contributed by atoms with Crippen molar-refractivity contribution in [3.8, 4) is 0 Å². The Labute approximate surface area is 185 Å². The number of aryl methyl sites for hydroxylation is 1. The van der Waals surface area contributed by atoms with Crippen molar-refractivity contribution in [1.82, 2.24) is 0 Å². The monoisotopic (exact) mass is 460 g/mol. The minimum atomic E-state index is -3.79. The lowest BCUT2D eigenvalue weighted by atomic mass is 10.2. The maximum Gasteiger partial charge on any atom is 0.261 e. The molecule has 0 bridgehead atoms. The van der Waals surface area contributed by atoms with Crippen LogP contribution in [0.1, 0.15) is 22.8 Å². The average Bonchev–Trinajstić information content (AvgIpc) is 2.71. The summed E-state index contributed by atoms with van der Waals surface area (Å²) < 4.78 is 27.8. The van der Waals surface area contributed by atoms with Gasteiger partial charge in [-0.1, -0.05) is 48.4 Å². The molecule has 0 aliphatic heterocycles. The maximum absolute atomic E-state index is 12.8. The van der Waals surface area contributed by atoms with Gasteiger partial charge in [-0.25, -0.2) is 8.42 Å². The third-order valence-corrected chi connectivity index (χ3v) is 6.91. The fourth-order valence-electron chi connectivity index (χ4n) is 2.74. The summed E-state index contributed by atoms with van der Waals surface area (Å²) in [5.74, 6) is 0.449. The number of sulfonamides is 1. The number of amides is 1. The predicted octanol–water partition coefficient (Wildman–Crippen LogP) is 5.81. The first-order valence-corrected chi connectivity index (χ1v) is 12.1. The normalized spacial score (nSPS) is 11.2. The lowest BCUT2D eigenvalue weighted by Crippen LogP contribution is -2.16. The van der Waals surface area contributed by atoms with Gasteiger partial charge >= 0.3 is 0 Å². The zero-order valence-corrected chi connectivity index (χ0v) is 18.9. The number of anilines is 2. The van der Waals surface area contributed by atoms with Gasteiger partial charge in [0.15, 0.2) is 0 Å². The Kier molecular flexibility index (Phi) is 7.07. The molecule has 3 rings (SSSR count). The van der Waals surface area contributed by atoms with Gasteiger partial charge in [0.1, 0.15) is 0 Å². The van der Waals surface area contributed by atoms with Crippen molar-refractivity contribution >= 4 is 50.7 Å². The van der Waals surface area contributed by atoms with E-state index in [2.05, 4.69) is 10.0 Å². The van der Waals surface area contributed by atoms with Gasteiger partial charge in [0.05, 0.1) is 21.2 Å². The topological polar surface area (TPSA) is 75.3 Å². The molecule has 0 unspecified atom stereocenters. The lowest BCUT2D eigenvalue weighted by Gasteiger charge is -2.13. The molecule has 0 radical (unpaired) electrons. The number of hydrogen-bond donors (Lipinski definition) is 2. The van der Waals surface area contributed by atoms with Crippen LogP contribution < -0.4 is 10.0 Å². The molecule has 0 aliphatic carbocycles. The summed E-state index contributed by atoms with van der Waals surface area (Å²) in [5.41, 5.74) is 2.07. The van der Waals surface area contributed by atoms with E-state index in [1.54, 1.807) is 23.9 Å². The molecule has 1 amide bonds. The molecule has 0 saturated heterocycles. The highest BCUT2D eigenvalue weighted by atomic mass is 35.5. The summed E-state index contributed by atoms with van der Waals surface area (Å²) in [6.07, 6.45) is 0. The molecule has 8 heteroatoms. The second-order valence-electron chi connectivity index (χ2n) is 6.50. The van der Waals surface area contributed by atoms with Crippen LogP contribution in [0.3, 0.4) is 0 Å². The molecule has 3 aromatic carbocycles. The smallest absolute Gasteiger partial charge is 0.261 e. The molecule has 5 nitrogen and oxygen atoms in total. The van der Waals surface area contributed by atoms with Crippen LogP contribution in [0.15, 0.2) is 76.5 Å². The zero-order chi connectivity index (χ0) is 21.7. The molecule has 0 spiro atoms. The SMILES string of the molecule is CCSc1ccccc1NC(=O)c1cc(NS(=O)(=O)c2ccc(C)cc2)ccc1Cl. The summed E-state index contributed by atoms with van der Waals surface area (Å²) in [4.78, 5) is 13.9. The largest absolute Gasteiger partial charge is 0.321 e. The maximum atomic E-state index is 12.8. The van der Waals surface area contributed by atoms with Gasteiger partial charge in [-0.2, -0.15) is 0 Å². The Hall–Kier alpha value is -2.48. The van der Waals surface area contributed by atoms with Gasteiger partial charge in [-0.3, -0.25) is 9.52 Å². The molecule has 2 N–H and O–H groups in total. The van der Waals surface area contributed by atoms with Crippen LogP contribution in [0.5, 0.6) is 0 Å². The fourth-order valence-corrected chi connectivity index (χ4v) is 4.75. The number of carbonyl (C=O) groups is 1. The lowest BCUT2D eigenvalue weighted by molar-refractivity contribution is 0.102. The Morgan fingerprint density at radius 1 is 1.03 bits per heavy atom. The first-order chi connectivity index (χ1) is 14.3. The molecule has 3 aromatic rings. The van der Waals surface area contributed by atoms with Gasteiger partial charge in [0, 0.05) is 10.6 Å². The molecule has 0 fully saturated rings. The summed E-state index contributed by atoms with van der Waals surface area (Å²) in [6, 6.07) is 18.4. The number of nitrogens with one attached hydrogen (secondary N) is 2. The third-order valence-electron chi connectivity index (χ3n) is 4.23. The quantitative estimate of drug-likeness (QED) is 0.436. The summed E-state index contributed by atoms with van der Waals surface area (Å²) in [6.45, 7) is 3.91.